The average molecular weight is 767 g/mol. The van der Waals surface area contributed by atoms with Crippen molar-refractivity contribution in [1.82, 2.24) is 0 Å². The summed E-state index contributed by atoms with van der Waals surface area (Å²) in [7, 11) is 0. The first-order valence-corrected chi connectivity index (χ1v) is 20.4. The number of hydrogen-bond donors (Lipinski definition) is 0. The molecule has 0 amide bonds. The van der Waals surface area contributed by atoms with Crippen LogP contribution in [0.3, 0.4) is 0 Å². The van der Waals surface area contributed by atoms with Gasteiger partial charge in [-0.2, -0.15) is 0 Å². The first kappa shape index (κ1) is 32.9. The molecule has 0 saturated carbocycles. The Bertz CT molecular complexity index is 3430. The smallest absolute Gasteiger partial charge is 0.137 e. The highest BCUT2D eigenvalue weighted by Crippen LogP contribution is 2.52. The molecule has 12 aromatic rings. The third kappa shape index (κ3) is 4.91. The van der Waals surface area contributed by atoms with E-state index in [4.69, 9.17) is 8.83 Å². The van der Waals surface area contributed by atoms with Gasteiger partial charge in [0.1, 0.15) is 22.3 Å². The van der Waals surface area contributed by atoms with Gasteiger partial charge < -0.3 is 18.6 Å². The Kier molecular flexibility index (Phi) is 6.98. The highest BCUT2D eigenvalue weighted by Gasteiger charge is 2.26. The third-order valence-electron chi connectivity index (χ3n) is 12.3. The van der Waals surface area contributed by atoms with E-state index < -0.39 is 0 Å². The lowest BCUT2D eigenvalue weighted by atomic mass is 9.78. The second-order valence-corrected chi connectivity index (χ2v) is 15.7. The molecule has 4 heteroatoms. The van der Waals surface area contributed by atoms with Crippen molar-refractivity contribution in [3.05, 3.63) is 206 Å². The molecule has 0 fully saturated rings. The molecular formula is C56H34N2O2. The predicted molar refractivity (Wildman–Crippen MR) is 250 cm³/mol. The first-order chi connectivity index (χ1) is 29.7. The van der Waals surface area contributed by atoms with E-state index in [1.807, 2.05) is 24.3 Å². The van der Waals surface area contributed by atoms with Gasteiger partial charge in [0.25, 0.3) is 0 Å². The maximum Gasteiger partial charge on any atom is 0.137 e. The number of anilines is 6. The molecule has 0 saturated heterocycles. The molecule has 0 radical (unpaired) electrons. The number of para-hydroxylation sites is 4. The van der Waals surface area contributed by atoms with Gasteiger partial charge in [-0.15, -0.1) is 0 Å². The summed E-state index contributed by atoms with van der Waals surface area (Å²) < 4.78 is 12.7. The summed E-state index contributed by atoms with van der Waals surface area (Å²) in [5.74, 6) is 0. The number of fused-ring (bicyclic) bond motifs is 12. The van der Waals surface area contributed by atoms with Crippen molar-refractivity contribution in [2.24, 2.45) is 0 Å². The number of rotatable bonds is 6. The molecule has 0 unspecified atom stereocenters. The van der Waals surface area contributed by atoms with Crippen molar-refractivity contribution < 1.29 is 8.83 Å². The van der Waals surface area contributed by atoms with Crippen LogP contribution in [0.1, 0.15) is 0 Å². The van der Waals surface area contributed by atoms with Crippen LogP contribution in [0.4, 0.5) is 34.1 Å². The van der Waals surface area contributed by atoms with Crippen molar-refractivity contribution in [3.63, 3.8) is 0 Å². The lowest BCUT2D eigenvalue weighted by Gasteiger charge is -2.29. The van der Waals surface area contributed by atoms with Gasteiger partial charge in [-0.25, -0.2) is 0 Å². The number of benzene rings is 10. The molecule has 10 aromatic carbocycles. The SMILES string of the molecule is c1ccc(N(c2ccc3cc4c(cc3c2)-c2cc3cc(N(c5ccccc5)c5cccc6oc7ccccc7c56)ccc3cc2-4)c2cccc3oc4ccccc4c23)cc1. The molecule has 60 heavy (non-hydrogen) atoms. The molecule has 0 atom stereocenters. The predicted octanol–water partition coefficient (Wildman–Crippen LogP) is 16.4. The standard InChI is InChI=1S/C56H34N2O2/c1-3-13-39(14-4-1)57(49-19-11-23-53-55(49)43-17-7-9-21-51(43)59-53)41-27-25-35-31-45-46-32-36-26-28-42(30-38(36)34-48(46)47(45)33-37(35)29-41)58(40-15-5-2-6-16-40)50-20-12-24-54-56(50)44-18-8-10-22-52(44)60-54/h1-34H. The van der Waals surface area contributed by atoms with Gasteiger partial charge in [-0.1, -0.05) is 97.1 Å². The van der Waals surface area contributed by atoms with E-state index in [1.54, 1.807) is 0 Å². The van der Waals surface area contributed by atoms with Crippen LogP contribution in [0, 0.1) is 0 Å². The van der Waals surface area contributed by atoms with Crippen LogP contribution in [0.25, 0.3) is 87.7 Å². The highest BCUT2D eigenvalue weighted by atomic mass is 16.3. The summed E-state index contributed by atoms with van der Waals surface area (Å²) >= 11 is 0. The maximum absolute atomic E-state index is 6.35. The summed E-state index contributed by atoms with van der Waals surface area (Å²) in [4.78, 5) is 4.72. The minimum absolute atomic E-state index is 0.877. The molecule has 4 nitrogen and oxygen atoms in total. The lowest BCUT2D eigenvalue weighted by molar-refractivity contribution is 0.668. The van der Waals surface area contributed by atoms with E-state index in [-0.39, 0.29) is 0 Å². The van der Waals surface area contributed by atoms with Gasteiger partial charge in [-0.3, -0.25) is 0 Å². The summed E-state index contributed by atoms with van der Waals surface area (Å²) in [6.07, 6.45) is 0. The molecule has 0 aliphatic heterocycles. The molecule has 2 heterocycles. The third-order valence-corrected chi connectivity index (χ3v) is 12.3. The van der Waals surface area contributed by atoms with Gasteiger partial charge in [0, 0.05) is 33.5 Å². The Balaban J connectivity index is 0.937. The van der Waals surface area contributed by atoms with Crippen molar-refractivity contribution in [3.8, 4) is 22.3 Å². The first-order valence-electron chi connectivity index (χ1n) is 20.4. The van der Waals surface area contributed by atoms with E-state index >= 15 is 0 Å². The Labute approximate surface area is 345 Å². The van der Waals surface area contributed by atoms with Crippen molar-refractivity contribution in [2.75, 3.05) is 9.80 Å². The number of nitrogens with zero attached hydrogens (tertiary/aromatic N) is 2. The fourth-order valence-electron chi connectivity index (χ4n) is 9.57. The van der Waals surface area contributed by atoms with Crippen molar-refractivity contribution >= 4 is 99.5 Å². The second kappa shape index (κ2) is 12.7. The monoisotopic (exact) mass is 766 g/mol. The van der Waals surface area contributed by atoms with E-state index in [1.165, 1.54) is 43.8 Å². The topological polar surface area (TPSA) is 32.8 Å². The molecule has 1 aliphatic rings. The average Bonchev–Trinajstić information content (AvgIpc) is 3.88. The zero-order chi connectivity index (χ0) is 39.3. The lowest BCUT2D eigenvalue weighted by Crippen LogP contribution is -2.10. The molecule has 13 rings (SSSR count). The zero-order valence-electron chi connectivity index (χ0n) is 32.3. The largest absolute Gasteiger partial charge is 0.456 e. The fourth-order valence-corrected chi connectivity index (χ4v) is 9.57. The van der Waals surface area contributed by atoms with E-state index in [9.17, 15) is 0 Å². The van der Waals surface area contributed by atoms with Crippen LogP contribution in [-0.4, -0.2) is 0 Å². The maximum atomic E-state index is 6.35. The Hall–Kier alpha value is -8.08. The van der Waals surface area contributed by atoms with Gasteiger partial charge in [0.2, 0.25) is 0 Å². The van der Waals surface area contributed by atoms with Gasteiger partial charge >= 0.3 is 0 Å². The number of hydrogen-bond acceptors (Lipinski definition) is 4. The van der Waals surface area contributed by atoms with Crippen LogP contribution in [-0.2, 0) is 0 Å². The van der Waals surface area contributed by atoms with Crippen LogP contribution in [0.15, 0.2) is 215 Å². The number of furan rings is 2. The Morgan fingerprint density at radius 2 is 0.650 bits per heavy atom. The Morgan fingerprint density at radius 1 is 0.267 bits per heavy atom. The zero-order valence-corrected chi connectivity index (χ0v) is 32.3. The van der Waals surface area contributed by atoms with Gasteiger partial charge in [0.05, 0.1) is 22.1 Å². The fraction of sp³-hybridized carbons (Fsp3) is 0. The molecule has 0 spiro atoms. The van der Waals surface area contributed by atoms with E-state index in [0.29, 0.717) is 0 Å². The highest BCUT2D eigenvalue weighted by molar-refractivity contribution is 6.16. The second-order valence-electron chi connectivity index (χ2n) is 15.7. The molecule has 0 N–H and O–H groups in total. The van der Waals surface area contributed by atoms with Crippen LogP contribution >= 0.6 is 0 Å². The van der Waals surface area contributed by atoms with Gasteiger partial charge in [0.15, 0.2) is 0 Å². The van der Waals surface area contributed by atoms with Crippen molar-refractivity contribution in [2.45, 2.75) is 0 Å². The molecule has 2 aromatic heterocycles. The van der Waals surface area contributed by atoms with Crippen LogP contribution in [0.5, 0.6) is 0 Å². The summed E-state index contributed by atoms with van der Waals surface area (Å²) in [5, 5.41) is 9.27. The molecule has 1 aliphatic carbocycles. The van der Waals surface area contributed by atoms with E-state index in [0.717, 1.165) is 78.0 Å². The van der Waals surface area contributed by atoms with Gasteiger partial charge in [-0.05, 0) is 153 Å². The summed E-state index contributed by atoms with van der Waals surface area (Å²) in [5.41, 5.74) is 15.2. The van der Waals surface area contributed by atoms with Crippen LogP contribution in [0.2, 0.25) is 0 Å². The minimum atomic E-state index is 0.877. The summed E-state index contributed by atoms with van der Waals surface area (Å²) in [6.45, 7) is 0. The minimum Gasteiger partial charge on any atom is -0.456 e. The quantitative estimate of drug-likeness (QED) is 0.169. The van der Waals surface area contributed by atoms with E-state index in [2.05, 4.69) is 192 Å². The molecule has 0 bridgehead atoms. The van der Waals surface area contributed by atoms with Crippen LogP contribution < -0.4 is 9.80 Å². The normalized spacial score (nSPS) is 12.0. The summed E-state index contributed by atoms with van der Waals surface area (Å²) in [6, 6.07) is 73.7. The molecular weight excluding hydrogens is 733 g/mol. The Morgan fingerprint density at radius 3 is 1.10 bits per heavy atom. The molecule has 280 valence electrons. The van der Waals surface area contributed by atoms with Crippen molar-refractivity contribution in [1.29, 1.82) is 0 Å².